The molecule has 6 nitrogen and oxygen atoms in total. The van der Waals surface area contributed by atoms with Gasteiger partial charge in [0.15, 0.2) is 0 Å². The zero-order valence-electron chi connectivity index (χ0n) is 14.6. The summed E-state index contributed by atoms with van der Waals surface area (Å²) >= 11 is 0. The molecule has 0 atom stereocenters. The van der Waals surface area contributed by atoms with Crippen molar-refractivity contribution in [3.8, 4) is 0 Å². The molecule has 23 heavy (non-hydrogen) atoms. The van der Waals surface area contributed by atoms with Gasteiger partial charge in [-0.2, -0.15) is 5.10 Å². The number of amides is 1. The minimum Gasteiger partial charge on any atom is -0.444 e. The molecule has 1 aromatic rings. The van der Waals surface area contributed by atoms with Crippen molar-refractivity contribution in [2.24, 2.45) is 7.05 Å². The van der Waals surface area contributed by atoms with Crippen molar-refractivity contribution in [2.75, 3.05) is 0 Å². The van der Waals surface area contributed by atoms with Crippen LogP contribution >= 0.6 is 0 Å². The number of aliphatic hydroxyl groups is 1. The van der Waals surface area contributed by atoms with Gasteiger partial charge < -0.3 is 15.2 Å². The lowest BCUT2D eigenvalue weighted by molar-refractivity contribution is -0.0182. The van der Waals surface area contributed by atoms with Crippen molar-refractivity contribution >= 4 is 6.09 Å². The zero-order valence-corrected chi connectivity index (χ0v) is 14.6. The number of hydrogen-bond acceptors (Lipinski definition) is 4. The summed E-state index contributed by atoms with van der Waals surface area (Å²) in [4.78, 5) is 12.0. The second-order valence-corrected chi connectivity index (χ2v) is 7.19. The third kappa shape index (κ3) is 4.47. The molecule has 1 heterocycles. The SMILES string of the molecule is CCCC(C)(C)OC(=O)NC1CCC(O)(c2ccnn2C)CC1. The molecule has 0 aromatic carbocycles. The van der Waals surface area contributed by atoms with Crippen LogP contribution < -0.4 is 5.32 Å². The van der Waals surface area contributed by atoms with Crippen LogP contribution in [0.4, 0.5) is 4.79 Å². The molecule has 0 unspecified atom stereocenters. The molecule has 1 amide bonds. The first-order valence-electron chi connectivity index (χ1n) is 8.46. The molecular weight excluding hydrogens is 294 g/mol. The van der Waals surface area contributed by atoms with E-state index in [0.29, 0.717) is 12.8 Å². The van der Waals surface area contributed by atoms with Crippen molar-refractivity contribution in [3.63, 3.8) is 0 Å². The summed E-state index contributed by atoms with van der Waals surface area (Å²) < 4.78 is 7.22. The Balaban J connectivity index is 1.85. The number of rotatable bonds is 5. The third-order valence-electron chi connectivity index (χ3n) is 4.65. The smallest absolute Gasteiger partial charge is 0.407 e. The van der Waals surface area contributed by atoms with Gasteiger partial charge in [0, 0.05) is 19.3 Å². The van der Waals surface area contributed by atoms with Gasteiger partial charge >= 0.3 is 6.09 Å². The van der Waals surface area contributed by atoms with Gasteiger partial charge in [0.05, 0.1) is 5.69 Å². The van der Waals surface area contributed by atoms with E-state index in [9.17, 15) is 9.90 Å². The fourth-order valence-corrected chi connectivity index (χ4v) is 3.43. The van der Waals surface area contributed by atoms with E-state index in [4.69, 9.17) is 4.74 Å². The van der Waals surface area contributed by atoms with Gasteiger partial charge in [0.1, 0.15) is 11.2 Å². The van der Waals surface area contributed by atoms with Crippen molar-refractivity contribution in [1.29, 1.82) is 0 Å². The van der Waals surface area contributed by atoms with E-state index in [2.05, 4.69) is 17.3 Å². The summed E-state index contributed by atoms with van der Waals surface area (Å²) in [7, 11) is 1.84. The molecule has 1 aromatic heterocycles. The number of aryl methyl sites for hydroxylation is 1. The van der Waals surface area contributed by atoms with Gasteiger partial charge in [-0.1, -0.05) is 13.3 Å². The van der Waals surface area contributed by atoms with Crippen LogP contribution in [-0.2, 0) is 17.4 Å². The highest BCUT2D eigenvalue weighted by atomic mass is 16.6. The van der Waals surface area contributed by atoms with Gasteiger partial charge in [0.25, 0.3) is 0 Å². The minimum absolute atomic E-state index is 0.0495. The Bertz CT molecular complexity index is 531. The van der Waals surface area contributed by atoms with Gasteiger partial charge in [-0.05, 0) is 52.0 Å². The Morgan fingerprint density at radius 3 is 2.70 bits per heavy atom. The number of ether oxygens (including phenoxy) is 1. The van der Waals surface area contributed by atoms with Crippen LogP contribution in [0.2, 0.25) is 0 Å². The molecular formula is C17H29N3O3. The number of alkyl carbamates (subject to hydrolysis) is 1. The number of hydrogen-bond donors (Lipinski definition) is 2. The normalized spacial score (nSPS) is 25.2. The lowest BCUT2D eigenvalue weighted by atomic mass is 9.80. The van der Waals surface area contributed by atoms with E-state index < -0.39 is 11.2 Å². The largest absolute Gasteiger partial charge is 0.444 e. The maximum Gasteiger partial charge on any atom is 0.407 e. The summed E-state index contributed by atoms with van der Waals surface area (Å²) in [5.74, 6) is 0. The van der Waals surface area contributed by atoms with Crippen molar-refractivity contribution in [1.82, 2.24) is 15.1 Å². The van der Waals surface area contributed by atoms with Crippen LogP contribution in [0, 0.1) is 0 Å². The summed E-state index contributed by atoms with van der Waals surface area (Å²) in [6.45, 7) is 5.93. The molecule has 0 radical (unpaired) electrons. The summed E-state index contributed by atoms with van der Waals surface area (Å²) in [6, 6.07) is 1.91. The lowest BCUT2D eigenvalue weighted by Crippen LogP contribution is -2.45. The summed E-state index contributed by atoms with van der Waals surface area (Å²) in [5, 5.41) is 17.9. The number of aromatic nitrogens is 2. The molecule has 1 aliphatic rings. The van der Waals surface area contributed by atoms with Crippen LogP contribution in [-0.4, -0.2) is 32.6 Å². The fraction of sp³-hybridized carbons (Fsp3) is 0.765. The maximum atomic E-state index is 12.0. The molecule has 0 aliphatic heterocycles. The first-order valence-corrected chi connectivity index (χ1v) is 8.46. The Morgan fingerprint density at radius 2 is 2.17 bits per heavy atom. The van der Waals surface area contributed by atoms with Gasteiger partial charge in [-0.25, -0.2) is 4.79 Å². The minimum atomic E-state index is -0.852. The highest BCUT2D eigenvalue weighted by Gasteiger charge is 2.37. The van der Waals surface area contributed by atoms with Crippen molar-refractivity contribution < 1.29 is 14.6 Å². The predicted octanol–water partition coefficient (Wildman–Crippen LogP) is 2.86. The van der Waals surface area contributed by atoms with Gasteiger partial charge in [-0.15, -0.1) is 0 Å². The third-order valence-corrected chi connectivity index (χ3v) is 4.65. The van der Waals surface area contributed by atoms with Crippen LogP contribution in [0.25, 0.3) is 0 Å². The molecule has 1 saturated carbocycles. The second kappa shape index (κ2) is 6.91. The highest BCUT2D eigenvalue weighted by Crippen LogP contribution is 2.36. The number of nitrogens with zero attached hydrogens (tertiary/aromatic N) is 2. The Morgan fingerprint density at radius 1 is 1.52 bits per heavy atom. The molecule has 1 aliphatic carbocycles. The first-order chi connectivity index (χ1) is 10.8. The number of nitrogens with one attached hydrogen (secondary N) is 1. The van der Waals surface area contributed by atoms with E-state index in [1.807, 2.05) is 27.0 Å². The Labute approximate surface area is 138 Å². The van der Waals surface area contributed by atoms with E-state index in [1.165, 1.54) is 0 Å². The molecule has 2 N–H and O–H groups in total. The second-order valence-electron chi connectivity index (χ2n) is 7.19. The topological polar surface area (TPSA) is 76.4 Å². The van der Waals surface area contributed by atoms with Gasteiger partial charge in [-0.3, -0.25) is 4.68 Å². The van der Waals surface area contributed by atoms with E-state index in [1.54, 1.807) is 10.9 Å². The molecule has 0 spiro atoms. The molecule has 6 heteroatoms. The van der Waals surface area contributed by atoms with Gasteiger partial charge in [0.2, 0.25) is 0 Å². The van der Waals surface area contributed by atoms with Crippen molar-refractivity contribution in [2.45, 2.75) is 76.5 Å². The predicted molar refractivity (Wildman–Crippen MR) is 88.0 cm³/mol. The molecule has 130 valence electrons. The van der Waals surface area contributed by atoms with E-state index >= 15 is 0 Å². The Hall–Kier alpha value is -1.56. The van der Waals surface area contributed by atoms with E-state index in [0.717, 1.165) is 31.4 Å². The highest BCUT2D eigenvalue weighted by molar-refractivity contribution is 5.68. The monoisotopic (exact) mass is 323 g/mol. The van der Waals surface area contributed by atoms with Crippen LogP contribution in [0.5, 0.6) is 0 Å². The van der Waals surface area contributed by atoms with Crippen LogP contribution in [0.3, 0.4) is 0 Å². The lowest BCUT2D eigenvalue weighted by Gasteiger charge is -2.36. The van der Waals surface area contributed by atoms with Crippen LogP contribution in [0.15, 0.2) is 12.3 Å². The zero-order chi connectivity index (χ0) is 17.1. The molecule has 2 rings (SSSR count). The standard InChI is InChI=1S/C17H29N3O3/c1-5-9-16(2,3)23-15(21)19-13-6-10-17(22,11-7-13)14-8-12-18-20(14)4/h8,12-13,22H,5-7,9-11H2,1-4H3,(H,19,21). The average molecular weight is 323 g/mol. The summed E-state index contributed by atoms with van der Waals surface area (Å²) in [6.07, 6.45) is 5.82. The van der Waals surface area contributed by atoms with E-state index in [-0.39, 0.29) is 12.1 Å². The van der Waals surface area contributed by atoms with Crippen LogP contribution in [0.1, 0.15) is 65.0 Å². The Kier molecular flexibility index (Phi) is 5.34. The van der Waals surface area contributed by atoms with Crippen molar-refractivity contribution in [3.05, 3.63) is 18.0 Å². The number of carbonyl (C=O) groups is 1. The molecule has 0 saturated heterocycles. The average Bonchev–Trinajstić information content (AvgIpc) is 2.88. The molecule has 1 fully saturated rings. The molecule has 0 bridgehead atoms. The fourth-order valence-electron chi connectivity index (χ4n) is 3.43. The quantitative estimate of drug-likeness (QED) is 0.873. The first kappa shape index (κ1) is 17.8. The maximum absolute atomic E-state index is 12.0. The number of carbonyl (C=O) groups excluding carboxylic acids is 1. The summed E-state index contributed by atoms with van der Waals surface area (Å²) in [5.41, 5.74) is -0.458.